The lowest BCUT2D eigenvalue weighted by atomic mass is 10.2. The molecule has 68 valence electrons. The van der Waals surface area contributed by atoms with E-state index in [-0.39, 0.29) is 6.54 Å². The second-order valence-electron chi connectivity index (χ2n) is 2.43. The van der Waals surface area contributed by atoms with Crippen molar-refractivity contribution in [3.63, 3.8) is 0 Å². The molecule has 1 aromatic rings. The van der Waals surface area contributed by atoms with Crippen molar-refractivity contribution < 1.29 is 4.79 Å². The smallest absolute Gasteiger partial charge is 0.316 e. The van der Waals surface area contributed by atoms with E-state index in [2.05, 4.69) is 10.5 Å². The number of nitrogens with two attached hydrogens (primary N) is 1. The number of nitrogens with zero attached hydrogens (tertiary/aromatic N) is 1. The molecule has 0 atom stereocenters. The molecular formula is C8H9N3O2. The van der Waals surface area contributed by atoms with Crippen molar-refractivity contribution in [1.29, 1.82) is 0 Å². The highest BCUT2D eigenvalue weighted by atomic mass is 16.3. The summed E-state index contributed by atoms with van der Waals surface area (Å²) in [6.07, 6.45) is 0. The second-order valence-corrected chi connectivity index (χ2v) is 2.43. The van der Waals surface area contributed by atoms with E-state index >= 15 is 0 Å². The fraction of sp³-hybridized carbons (Fsp3) is 0.125. The molecule has 0 heterocycles. The first-order valence-electron chi connectivity index (χ1n) is 3.67. The molecule has 0 radical (unpaired) electrons. The van der Waals surface area contributed by atoms with Crippen LogP contribution in [0.25, 0.3) is 0 Å². The standard InChI is InChI=1S/C8H9N3O2/c9-8(12)11-7-4-2-1-3-6(7)5-10-13/h1-4H,5H2,(H3,9,11,12). The molecule has 2 amide bonds. The van der Waals surface area contributed by atoms with Crippen LogP contribution >= 0.6 is 0 Å². The number of hydrogen-bond acceptors (Lipinski definition) is 3. The normalized spacial score (nSPS) is 9.23. The Labute approximate surface area is 74.9 Å². The number of para-hydroxylation sites is 1. The van der Waals surface area contributed by atoms with Crippen LogP contribution in [-0.4, -0.2) is 6.03 Å². The Bertz CT molecular complexity index is 325. The summed E-state index contributed by atoms with van der Waals surface area (Å²) in [5, 5.41) is 5.13. The summed E-state index contributed by atoms with van der Waals surface area (Å²) in [5.74, 6) is 0. The molecule has 1 aromatic carbocycles. The van der Waals surface area contributed by atoms with Crippen molar-refractivity contribution in [2.75, 3.05) is 5.32 Å². The lowest BCUT2D eigenvalue weighted by Crippen LogP contribution is -2.20. The van der Waals surface area contributed by atoms with Gasteiger partial charge in [0, 0.05) is 11.3 Å². The number of urea groups is 1. The average molecular weight is 179 g/mol. The molecule has 5 nitrogen and oxygen atoms in total. The molecule has 0 unspecified atom stereocenters. The Morgan fingerprint density at radius 3 is 2.77 bits per heavy atom. The lowest BCUT2D eigenvalue weighted by Gasteiger charge is -2.05. The Balaban J connectivity index is 2.90. The van der Waals surface area contributed by atoms with Gasteiger partial charge in [-0.3, -0.25) is 0 Å². The number of carbonyl (C=O) groups excluding carboxylic acids is 1. The zero-order chi connectivity index (χ0) is 9.68. The topological polar surface area (TPSA) is 84.6 Å². The first-order chi connectivity index (χ1) is 6.24. The summed E-state index contributed by atoms with van der Waals surface area (Å²) < 4.78 is 0. The van der Waals surface area contributed by atoms with Crippen LogP contribution in [0.2, 0.25) is 0 Å². The van der Waals surface area contributed by atoms with Gasteiger partial charge in [-0.1, -0.05) is 23.4 Å². The van der Waals surface area contributed by atoms with Crippen molar-refractivity contribution in [1.82, 2.24) is 0 Å². The van der Waals surface area contributed by atoms with Crippen molar-refractivity contribution in [3.8, 4) is 0 Å². The van der Waals surface area contributed by atoms with Crippen LogP contribution in [-0.2, 0) is 6.54 Å². The molecule has 0 saturated heterocycles. The summed E-state index contributed by atoms with van der Waals surface area (Å²) in [7, 11) is 0. The first-order valence-corrected chi connectivity index (χ1v) is 3.67. The largest absolute Gasteiger partial charge is 0.351 e. The third-order valence-corrected chi connectivity index (χ3v) is 1.51. The van der Waals surface area contributed by atoms with Crippen molar-refractivity contribution in [3.05, 3.63) is 34.7 Å². The van der Waals surface area contributed by atoms with Crippen LogP contribution in [0.15, 0.2) is 29.4 Å². The van der Waals surface area contributed by atoms with Gasteiger partial charge in [0.2, 0.25) is 0 Å². The van der Waals surface area contributed by atoms with Crippen LogP contribution in [0, 0.1) is 4.91 Å². The van der Waals surface area contributed by atoms with Crippen molar-refractivity contribution >= 4 is 11.7 Å². The lowest BCUT2D eigenvalue weighted by molar-refractivity contribution is 0.259. The molecule has 0 aliphatic rings. The van der Waals surface area contributed by atoms with Gasteiger partial charge in [0.15, 0.2) is 0 Å². The SMILES string of the molecule is NC(=O)Nc1ccccc1CN=O. The highest BCUT2D eigenvalue weighted by Gasteiger charge is 2.02. The van der Waals surface area contributed by atoms with Gasteiger partial charge >= 0.3 is 6.03 Å². The monoisotopic (exact) mass is 179 g/mol. The predicted molar refractivity (Wildman–Crippen MR) is 49.1 cm³/mol. The minimum atomic E-state index is -0.654. The molecule has 0 aromatic heterocycles. The maximum atomic E-state index is 10.5. The third-order valence-electron chi connectivity index (χ3n) is 1.51. The number of nitroso groups, excluding NO2 is 1. The molecular weight excluding hydrogens is 170 g/mol. The van der Waals surface area contributed by atoms with E-state index in [9.17, 15) is 9.70 Å². The number of rotatable bonds is 3. The molecule has 0 aliphatic heterocycles. The summed E-state index contributed by atoms with van der Waals surface area (Å²) in [4.78, 5) is 20.5. The van der Waals surface area contributed by atoms with E-state index in [1.807, 2.05) is 0 Å². The van der Waals surface area contributed by atoms with Crippen molar-refractivity contribution in [2.45, 2.75) is 6.54 Å². The molecule has 13 heavy (non-hydrogen) atoms. The molecule has 0 aliphatic carbocycles. The summed E-state index contributed by atoms with van der Waals surface area (Å²) in [6.45, 7) is 0.0243. The maximum absolute atomic E-state index is 10.5. The van der Waals surface area contributed by atoms with Gasteiger partial charge in [-0.05, 0) is 6.07 Å². The molecule has 0 bridgehead atoms. The second kappa shape index (κ2) is 4.20. The Morgan fingerprint density at radius 2 is 2.15 bits per heavy atom. The van der Waals surface area contributed by atoms with Crippen LogP contribution < -0.4 is 11.1 Å². The van der Waals surface area contributed by atoms with Crippen LogP contribution in [0.5, 0.6) is 0 Å². The Morgan fingerprint density at radius 1 is 1.46 bits per heavy atom. The highest BCUT2D eigenvalue weighted by molar-refractivity contribution is 5.88. The number of anilines is 1. The van der Waals surface area contributed by atoms with Crippen LogP contribution in [0.3, 0.4) is 0 Å². The van der Waals surface area contributed by atoms with Gasteiger partial charge in [0.1, 0.15) is 6.54 Å². The Hall–Kier alpha value is -1.91. The van der Waals surface area contributed by atoms with E-state index in [1.54, 1.807) is 24.3 Å². The summed E-state index contributed by atoms with van der Waals surface area (Å²) in [6, 6.07) is 6.20. The van der Waals surface area contributed by atoms with E-state index in [1.165, 1.54) is 0 Å². The molecule has 0 spiro atoms. The van der Waals surface area contributed by atoms with E-state index in [0.717, 1.165) is 0 Å². The van der Waals surface area contributed by atoms with Gasteiger partial charge in [-0.25, -0.2) is 4.79 Å². The number of hydrogen-bond donors (Lipinski definition) is 2. The third kappa shape index (κ3) is 2.55. The van der Waals surface area contributed by atoms with E-state index < -0.39 is 6.03 Å². The van der Waals surface area contributed by atoms with Gasteiger partial charge < -0.3 is 11.1 Å². The molecule has 1 rings (SSSR count). The zero-order valence-electron chi connectivity index (χ0n) is 6.86. The zero-order valence-corrected chi connectivity index (χ0v) is 6.86. The highest BCUT2D eigenvalue weighted by Crippen LogP contribution is 2.15. The van der Waals surface area contributed by atoms with Gasteiger partial charge in [-0.2, -0.15) is 4.91 Å². The van der Waals surface area contributed by atoms with Gasteiger partial charge in [0.05, 0.1) is 0 Å². The minimum Gasteiger partial charge on any atom is -0.351 e. The molecule has 5 heteroatoms. The number of carbonyl (C=O) groups is 1. The first kappa shape index (κ1) is 9.18. The fourth-order valence-corrected chi connectivity index (χ4v) is 0.982. The Kier molecular flexibility index (Phi) is 2.97. The molecule has 3 N–H and O–H groups in total. The van der Waals surface area contributed by atoms with E-state index in [4.69, 9.17) is 5.73 Å². The van der Waals surface area contributed by atoms with Crippen LogP contribution in [0.1, 0.15) is 5.56 Å². The van der Waals surface area contributed by atoms with Crippen molar-refractivity contribution in [2.24, 2.45) is 10.9 Å². The summed E-state index contributed by atoms with van der Waals surface area (Å²) >= 11 is 0. The number of nitrogens with one attached hydrogen (secondary N) is 1. The maximum Gasteiger partial charge on any atom is 0.316 e. The molecule has 0 saturated carbocycles. The van der Waals surface area contributed by atoms with Crippen LogP contribution in [0.4, 0.5) is 10.5 Å². The quantitative estimate of drug-likeness (QED) is 0.688. The average Bonchev–Trinajstić information content (AvgIpc) is 2.08. The van der Waals surface area contributed by atoms with Gasteiger partial charge in [0.25, 0.3) is 0 Å². The molecule has 0 fully saturated rings. The minimum absolute atomic E-state index is 0.0243. The van der Waals surface area contributed by atoms with E-state index in [0.29, 0.717) is 11.3 Å². The van der Waals surface area contributed by atoms with Gasteiger partial charge in [-0.15, -0.1) is 0 Å². The predicted octanol–water partition coefficient (Wildman–Crippen LogP) is 1.44. The summed E-state index contributed by atoms with van der Waals surface area (Å²) in [5.41, 5.74) is 6.10. The fourth-order valence-electron chi connectivity index (χ4n) is 0.982. The number of primary amides is 1. The number of benzene rings is 1. The number of amides is 2.